The van der Waals surface area contributed by atoms with Crippen LogP contribution in [0.1, 0.15) is 60.4 Å². The Morgan fingerprint density at radius 3 is 1.98 bits per heavy atom. The predicted molar refractivity (Wildman–Crippen MR) is 161 cm³/mol. The molecule has 8 heteroatoms. The van der Waals surface area contributed by atoms with Crippen molar-refractivity contribution in [3.8, 4) is 5.75 Å². The van der Waals surface area contributed by atoms with Gasteiger partial charge >= 0.3 is 5.97 Å². The van der Waals surface area contributed by atoms with Gasteiger partial charge in [-0.1, -0.05) is 42.5 Å². The van der Waals surface area contributed by atoms with Crippen LogP contribution in [0.5, 0.6) is 5.75 Å². The third-order valence-electron chi connectivity index (χ3n) is 10.8. The summed E-state index contributed by atoms with van der Waals surface area (Å²) in [7, 11) is 0. The molecule has 2 saturated heterocycles. The van der Waals surface area contributed by atoms with Crippen molar-refractivity contribution in [3.05, 3.63) is 90.0 Å². The van der Waals surface area contributed by atoms with Crippen molar-refractivity contribution in [2.75, 3.05) is 9.80 Å². The molecule has 8 rings (SSSR count). The Labute approximate surface area is 255 Å². The number of esters is 1. The van der Waals surface area contributed by atoms with Crippen LogP contribution in [0.2, 0.25) is 0 Å². The van der Waals surface area contributed by atoms with Gasteiger partial charge in [0.25, 0.3) is 0 Å². The topological polar surface area (TPSA) is 101 Å². The number of rotatable bonds is 5. The van der Waals surface area contributed by atoms with Gasteiger partial charge in [0.1, 0.15) is 5.75 Å². The molecule has 0 spiro atoms. The number of amides is 4. The largest absolute Gasteiger partial charge is 0.423 e. The first-order chi connectivity index (χ1) is 21.4. The van der Waals surface area contributed by atoms with Gasteiger partial charge in [-0.25, -0.2) is 9.69 Å². The van der Waals surface area contributed by atoms with E-state index in [1.54, 1.807) is 42.5 Å². The zero-order valence-electron chi connectivity index (χ0n) is 24.1. The average molecular weight is 589 g/mol. The molecule has 0 radical (unpaired) electrons. The lowest BCUT2D eigenvalue weighted by molar-refractivity contribution is -0.124. The van der Waals surface area contributed by atoms with Crippen molar-refractivity contribution < 1.29 is 28.7 Å². The number of fused-ring (bicyclic) bond motifs is 6. The number of carbonyl (C=O) groups is 5. The molecule has 0 N–H and O–H groups in total. The van der Waals surface area contributed by atoms with Gasteiger partial charge in [-0.3, -0.25) is 24.1 Å². The van der Waals surface area contributed by atoms with E-state index >= 15 is 0 Å². The van der Waals surface area contributed by atoms with Gasteiger partial charge in [-0.05, 0) is 92.2 Å². The molecule has 44 heavy (non-hydrogen) atoms. The summed E-state index contributed by atoms with van der Waals surface area (Å²) in [6, 6.07) is 23.0. The average Bonchev–Trinajstić information content (AvgIpc) is 3.79. The van der Waals surface area contributed by atoms with Crippen LogP contribution in [0.3, 0.4) is 0 Å². The molecule has 4 amide bonds. The van der Waals surface area contributed by atoms with Crippen molar-refractivity contribution in [3.63, 3.8) is 0 Å². The van der Waals surface area contributed by atoms with E-state index in [9.17, 15) is 24.0 Å². The second-order valence-electron chi connectivity index (χ2n) is 13.0. The Kier molecular flexibility index (Phi) is 6.29. The van der Waals surface area contributed by atoms with Gasteiger partial charge in [0, 0.05) is 6.07 Å². The van der Waals surface area contributed by atoms with Crippen molar-refractivity contribution in [2.45, 2.75) is 44.4 Å². The minimum absolute atomic E-state index is 0.154. The Balaban J connectivity index is 0.989. The second kappa shape index (κ2) is 10.3. The summed E-state index contributed by atoms with van der Waals surface area (Å²) in [4.78, 5) is 69.3. The summed E-state index contributed by atoms with van der Waals surface area (Å²) in [5.41, 5.74) is 2.12. The molecule has 0 unspecified atom stereocenters. The summed E-state index contributed by atoms with van der Waals surface area (Å²) < 4.78 is 5.67. The summed E-state index contributed by atoms with van der Waals surface area (Å²) >= 11 is 0. The molecular formula is C36H32N2O6. The highest BCUT2D eigenvalue weighted by atomic mass is 16.5. The summed E-state index contributed by atoms with van der Waals surface area (Å²) in [5.74, 6) is -1.64. The first-order valence-corrected chi connectivity index (χ1v) is 15.6. The van der Waals surface area contributed by atoms with Crippen LogP contribution in [0.15, 0.2) is 78.9 Å². The van der Waals surface area contributed by atoms with Crippen LogP contribution >= 0.6 is 0 Å². The van der Waals surface area contributed by atoms with E-state index in [4.69, 9.17) is 4.74 Å². The van der Waals surface area contributed by atoms with E-state index in [0.717, 1.165) is 25.7 Å². The number of benzene rings is 3. The van der Waals surface area contributed by atoms with Crippen molar-refractivity contribution in [1.82, 2.24) is 0 Å². The number of imide groups is 2. The third kappa shape index (κ3) is 4.14. The second-order valence-corrected chi connectivity index (χ2v) is 13.0. The molecule has 7 atom stereocenters. The summed E-state index contributed by atoms with van der Waals surface area (Å²) in [6.07, 6.45) is 5.08. The molecule has 2 aliphatic heterocycles. The smallest absolute Gasteiger partial charge is 0.343 e. The van der Waals surface area contributed by atoms with Crippen LogP contribution in [-0.4, -0.2) is 29.6 Å². The van der Waals surface area contributed by atoms with Crippen molar-refractivity contribution in [1.29, 1.82) is 0 Å². The van der Waals surface area contributed by atoms with Gasteiger partial charge in [0.15, 0.2) is 0 Å². The minimum atomic E-state index is -0.668. The van der Waals surface area contributed by atoms with Crippen molar-refractivity contribution in [2.24, 2.45) is 35.5 Å². The molecule has 5 aliphatic rings. The predicted octanol–water partition coefficient (Wildman–Crippen LogP) is 5.51. The van der Waals surface area contributed by atoms with Crippen LogP contribution < -0.4 is 14.5 Å². The Morgan fingerprint density at radius 1 is 0.614 bits per heavy atom. The molecule has 3 saturated carbocycles. The zero-order valence-corrected chi connectivity index (χ0v) is 24.1. The van der Waals surface area contributed by atoms with Crippen LogP contribution in [0, 0.1) is 35.5 Å². The molecule has 2 bridgehead atoms. The van der Waals surface area contributed by atoms with E-state index in [-0.39, 0.29) is 76.4 Å². The van der Waals surface area contributed by atoms with E-state index in [1.165, 1.54) is 21.4 Å². The zero-order chi connectivity index (χ0) is 30.1. The number of anilines is 2. The Hall–Kier alpha value is -4.59. The lowest BCUT2D eigenvalue weighted by Gasteiger charge is -2.28. The van der Waals surface area contributed by atoms with Gasteiger partial charge in [0.2, 0.25) is 23.6 Å². The molecule has 222 valence electrons. The third-order valence-corrected chi connectivity index (χ3v) is 10.8. The van der Waals surface area contributed by atoms with E-state index in [1.807, 2.05) is 18.2 Å². The maximum atomic E-state index is 13.6. The van der Waals surface area contributed by atoms with Crippen LogP contribution in [-0.2, 0) is 19.2 Å². The fourth-order valence-corrected chi connectivity index (χ4v) is 8.75. The van der Waals surface area contributed by atoms with Crippen LogP contribution in [0.25, 0.3) is 0 Å². The quantitative estimate of drug-likeness (QED) is 0.221. The maximum Gasteiger partial charge on any atom is 0.343 e. The van der Waals surface area contributed by atoms with Gasteiger partial charge < -0.3 is 4.74 Å². The molecule has 2 heterocycles. The molecular weight excluding hydrogens is 556 g/mol. The highest BCUT2D eigenvalue weighted by molar-refractivity contribution is 6.23. The van der Waals surface area contributed by atoms with E-state index in [0.29, 0.717) is 24.2 Å². The molecule has 3 aromatic carbocycles. The number of ether oxygens (including phenoxy) is 1. The fourth-order valence-electron chi connectivity index (χ4n) is 8.75. The van der Waals surface area contributed by atoms with Crippen molar-refractivity contribution >= 4 is 41.0 Å². The minimum Gasteiger partial charge on any atom is -0.423 e. The fraction of sp³-hybridized carbons (Fsp3) is 0.361. The van der Waals surface area contributed by atoms with E-state index in [2.05, 4.69) is 12.1 Å². The molecule has 3 aliphatic carbocycles. The Bertz CT molecular complexity index is 1690. The standard InChI is InChI=1S/C36H32N2O6/c39-32-28-15-14-21(20-6-2-1-3-7-20)18-29(28)33(40)37(32)25-9-4-8-24(17-25)36(43)44-27-11-5-10-26(19-27)38-34(41)30-22-12-13-23(16-22)31(30)35(38)42/h1-11,17,19,21-23,28-31H,12-16,18H2/t21-,22-,23+,28-,29+,30-,31+/m0/s1. The van der Waals surface area contributed by atoms with Gasteiger partial charge in [-0.2, -0.15) is 0 Å². The SMILES string of the molecule is O=C(Oc1cccc(N2C(=O)[C@@H]3[C@@H]4CC[C@@H](C4)[C@@H]3C2=O)c1)c1cccc(N2C(=O)[C@H]3CC[C@H](c4ccccc4)C[C@H]3C2=O)c1. The monoisotopic (exact) mass is 588 g/mol. The lowest BCUT2D eigenvalue weighted by atomic mass is 9.73. The number of hydrogen-bond acceptors (Lipinski definition) is 6. The highest BCUT2D eigenvalue weighted by Gasteiger charge is 2.61. The lowest BCUT2D eigenvalue weighted by Crippen LogP contribution is -2.32. The maximum absolute atomic E-state index is 13.6. The normalized spacial score (nSPS) is 30.6. The molecule has 0 aromatic heterocycles. The first kappa shape index (κ1) is 27.0. The summed E-state index contributed by atoms with van der Waals surface area (Å²) in [5, 5.41) is 0. The van der Waals surface area contributed by atoms with Crippen LogP contribution in [0.4, 0.5) is 11.4 Å². The molecule has 8 nitrogen and oxygen atoms in total. The Morgan fingerprint density at radius 2 is 1.25 bits per heavy atom. The van der Waals surface area contributed by atoms with Gasteiger partial charge in [0.05, 0.1) is 40.6 Å². The number of carbonyl (C=O) groups excluding carboxylic acids is 5. The summed E-state index contributed by atoms with van der Waals surface area (Å²) in [6.45, 7) is 0. The first-order valence-electron chi connectivity index (χ1n) is 15.6. The number of nitrogens with zero attached hydrogens (tertiary/aromatic N) is 2. The molecule has 3 aromatic rings. The number of hydrogen-bond donors (Lipinski definition) is 0. The molecule has 5 fully saturated rings. The highest BCUT2D eigenvalue weighted by Crippen LogP contribution is 2.56. The van der Waals surface area contributed by atoms with Gasteiger partial charge in [-0.15, -0.1) is 0 Å². The van der Waals surface area contributed by atoms with E-state index < -0.39 is 5.97 Å².